The number of aryl methyl sites for hydroxylation is 1. The van der Waals surface area contributed by atoms with Crippen LogP contribution in [0.25, 0.3) is 22.3 Å². The van der Waals surface area contributed by atoms with Crippen LogP contribution in [0, 0.1) is 0 Å². The molecule has 0 aliphatic carbocycles. The first kappa shape index (κ1) is 17.1. The second-order valence-electron chi connectivity index (χ2n) is 6.12. The van der Waals surface area contributed by atoms with E-state index in [0.717, 1.165) is 28.8 Å². The average molecular weight is 368 g/mol. The van der Waals surface area contributed by atoms with Gasteiger partial charge in [-0.3, -0.25) is 0 Å². The molecule has 1 N–H and O–H groups in total. The number of fused-ring (bicyclic) bond motifs is 1. The number of anilines is 2. The van der Waals surface area contributed by atoms with Gasteiger partial charge < -0.3 is 9.88 Å². The first-order valence-electron chi connectivity index (χ1n) is 8.23. The highest BCUT2D eigenvalue weighted by Crippen LogP contribution is 2.33. The number of hydrogen-bond acceptors (Lipinski definition) is 3. The number of aromatic nitrogens is 3. The lowest BCUT2D eigenvalue weighted by atomic mass is 10.1. The molecular weight excluding hydrogens is 353 g/mol. The third-order valence-corrected chi connectivity index (χ3v) is 4.35. The van der Waals surface area contributed by atoms with Crippen molar-refractivity contribution in [2.45, 2.75) is 6.18 Å². The summed E-state index contributed by atoms with van der Waals surface area (Å²) in [6.45, 7) is 0. The second-order valence-corrected chi connectivity index (χ2v) is 6.12. The van der Waals surface area contributed by atoms with Crippen LogP contribution in [-0.2, 0) is 13.2 Å². The molecule has 0 atom stereocenters. The molecule has 0 unspecified atom stereocenters. The summed E-state index contributed by atoms with van der Waals surface area (Å²) in [5, 5.41) is 3.72. The van der Waals surface area contributed by atoms with Gasteiger partial charge in [-0.05, 0) is 29.8 Å². The predicted molar refractivity (Wildman–Crippen MR) is 98.7 cm³/mol. The van der Waals surface area contributed by atoms with Gasteiger partial charge in [-0.2, -0.15) is 13.2 Å². The van der Waals surface area contributed by atoms with Crippen molar-refractivity contribution in [1.29, 1.82) is 0 Å². The number of alkyl halides is 3. The van der Waals surface area contributed by atoms with Crippen LogP contribution < -0.4 is 5.32 Å². The van der Waals surface area contributed by atoms with E-state index < -0.39 is 11.7 Å². The van der Waals surface area contributed by atoms with Crippen LogP contribution in [0.4, 0.5) is 24.7 Å². The molecule has 2 heterocycles. The number of benzene rings is 2. The van der Waals surface area contributed by atoms with E-state index in [2.05, 4.69) is 15.3 Å². The Labute approximate surface area is 153 Å². The van der Waals surface area contributed by atoms with Crippen LogP contribution in [0.2, 0.25) is 0 Å². The third kappa shape index (κ3) is 3.23. The van der Waals surface area contributed by atoms with Crippen molar-refractivity contribution in [3.63, 3.8) is 0 Å². The number of nitrogens with one attached hydrogen (secondary N) is 1. The summed E-state index contributed by atoms with van der Waals surface area (Å²) in [6.07, 6.45) is -3.00. The molecule has 27 heavy (non-hydrogen) atoms. The Morgan fingerprint density at radius 3 is 2.44 bits per heavy atom. The van der Waals surface area contributed by atoms with Gasteiger partial charge in [0.25, 0.3) is 0 Å². The maximum Gasteiger partial charge on any atom is 0.416 e. The molecule has 0 fully saturated rings. The quantitative estimate of drug-likeness (QED) is 0.527. The minimum absolute atomic E-state index is 0.315. The third-order valence-electron chi connectivity index (χ3n) is 4.35. The molecule has 0 bridgehead atoms. The van der Waals surface area contributed by atoms with Gasteiger partial charge in [0.05, 0.1) is 16.6 Å². The monoisotopic (exact) mass is 368 g/mol. The second kappa shape index (κ2) is 6.42. The number of rotatable bonds is 3. The van der Waals surface area contributed by atoms with Crippen LogP contribution in [-0.4, -0.2) is 14.5 Å². The van der Waals surface area contributed by atoms with E-state index in [-0.39, 0.29) is 0 Å². The fourth-order valence-electron chi connectivity index (χ4n) is 3.03. The summed E-state index contributed by atoms with van der Waals surface area (Å²) in [5.74, 6) is 0.456. The zero-order valence-corrected chi connectivity index (χ0v) is 14.3. The van der Waals surface area contributed by atoms with Crippen LogP contribution in [0.15, 0.2) is 67.0 Å². The molecule has 7 heteroatoms. The van der Waals surface area contributed by atoms with Crippen molar-refractivity contribution >= 4 is 22.5 Å². The molecule has 0 radical (unpaired) electrons. The largest absolute Gasteiger partial charge is 0.416 e. The Balaban J connectivity index is 1.78. The summed E-state index contributed by atoms with van der Waals surface area (Å²) in [7, 11) is 1.89. The van der Waals surface area contributed by atoms with Gasteiger partial charge in [-0.25, -0.2) is 9.97 Å². The molecule has 4 aromatic rings. The fourth-order valence-corrected chi connectivity index (χ4v) is 3.03. The number of nitrogens with zero attached hydrogens (tertiary/aromatic N) is 3. The van der Waals surface area contributed by atoms with E-state index in [1.165, 1.54) is 12.4 Å². The number of hydrogen-bond donors (Lipinski definition) is 1. The zero-order chi connectivity index (χ0) is 19.0. The number of halogens is 3. The van der Waals surface area contributed by atoms with Gasteiger partial charge in [-0.15, -0.1) is 0 Å². The van der Waals surface area contributed by atoms with Crippen LogP contribution in [0.3, 0.4) is 0 Å². The molecule has 2 aromatic carbocycles. The van der Waals surface area contributed by atoms with E-state index >= 15 is 0 Å². The summed E-state index contributed by atoms with van der Waals surface area (Å²) < 4.78 is 40.8. The van der Waals surface area contributed by atoms with E-state index in [1.54, 1.807) is 6.07 Å². The highest BCUT2D eigenvalue weighted by Gasteiger charge is 2.30. The molecule has 0 aliphatic heterocycles. The molecule has 2 aromatic heterocycles. The Kier molecular flexibility index (Phi) is 4.07. The van der Waals surface area contributed by atoms with E-state index in [0.29, 0.717) is 17.2 Å². The zero-order valence-electron chi connectivity index (χ0n) is 14.3. The van der Waals surface area contributed by atoms with Crippen LogP contribution in [0.1, 0.15) is 5.56 Å². The molecule has 0 saturated heterocycles. The molecule has 4 nitrogen and oxygen atoms in total. The Morgan fingerprint density at radius 1 is 0.926 bits per heavy atom. The van der Waals surface area contributed by atoms with Gasteiger partial charge in [0.2, 0.25) is 0 Å². The maximum absolute atomic E-state index is 12.9. The van der Waals surface area contributed by atoms with Crippen LogP contribution in [0.5, 0.6) is 0 Å². The van der Waals surface area contributed by atoms with E-state index in [9.17, 15) is 13.2 Å². The van der Waals surface area contributed by atoms with Crippen LogP contribution >= 0.6 is 0 Å². The Hall–Kier alpha value is -3.35. The molecular formula is C20H15F3N4. The normalized spacial score (nSPS) is 11.7. The smallest absolute Gasteiger partial charge is 0.340 e. The fraction of sp³-hybridized carbons (Fsp3) is 0.100. The van der Waals surface area contributed by atoms with Gasteiger partial charge in [0.1, 0.15) is 17.8 Å². The Bertz CT molecular complexity index is 1100. The summed E-state index contributed by atoms with van der Waals surface area (Å²) in [4.78, 5) is 8.54. The Morgan fingerprint density at radius 2 is 1.70 bits per heavy atom. The SMILES string of the molecule is Cn1c(-c2ccccc2)cc2c(Nc3cccc(C(F)(F)F)c3)ncnc21. The summed E-state index contributed by atoms with van der Waals surface area (Å²) in [6, 6.07) is 16.8. The van der Waals surface area contributed by atoms with Crippen molar-refractivity contribution < 1.29 is 13.2 Å². The molecule has 0 aliphatic rings. The van der Waals surface area contributed by atoms with Gasteiger partial charge in [0.15, 0.2) is 0 Å². The van der Waals surface area contributed by atoms with Gasteiger partial charge in [0, 0.05) is 12.7 Å². The lowest BCUT2D eigenvalue weighted by molar-refractivity contribution is -0.137. The predicted octanol–water partition coefficient (Wildman–Crippen LogP) is 5.40. The van der Waals surface area contributed by atoms with Crippen molar-refractivity contribution in [3.05, 3.63) is 72.6 Å². The van der Waals surface area contributed by atoms with E-state index in [1.807, 2.05) is 48.0 Å². The topological polar surface area (TPSA) is 42.7 Å². The lowest BCUT2D eigenvalue weighted by Gasteiger charge is -2.10. The molecule has 0 spiro atoms. The minimum Gasteiger partial charge on any atom is -0.340 e. The highest BCUT2D eigenvalue weighted by molar-refractivity contribution is 5.93. The molecule has 136 valence electrons. The average Bonchev–Trinajstić information content (AvgIpc) is 3.00. The molecule has 0 amide bonds. The van der Waals surface area contributed by atoms with Gasteiger partial charge in [-0.1, -0.05) is 36.4 Å². The van der Waals surface area contributed by atoms with E-state index in [4.69, 9.17) is 0 Å². The van der Waals surface area contributed by atoms with Crippen molar-refractivity contribution in [2.75, 3.05) is 5.32 Å². The highest BCUT2D eigenvalue weighted by atomic mass is 19.4. The first-order valence-corrected chi connectivity index (χ1v) is 8.23. The van der Waals surface area contributed by atoms with Crippen molar-refractivity contribution in [2.24, 2.45) is 7.05 Å². The van der Waals surface area contributed by atoms with Gasteiger partial charge >= 0.3 is 6.18 Å². The maximum atomic E-state index is 12.9. The molecule has 0 saturated carbocycles. The van der Waals surface area contributed by atoms with Crippen molar-refractivity contribution in [3.8, 4) is 11.3 Å². The minimum atomic E-state index is -4.40. The summed E-state index contributed by atoms with van der Waals surface area (Å²) in [5.41, 5.74) is 2.25. The first-order chi connectivity index (χ1) is 12.9. The lowest BCUT2D eigenvalue weighted by Crippen LogP contribution is -2.05. The standard InChI is InChI=1S/C20H15F3N4/c1-27-17(13-6-3-2-4-7-13)11-16-18(24-12-25-19(16)27)26-15-9-5-8-14(10-15)20(21,22)23/h2-12H,1H3,(H,24,25,26). The van der Waals surface area contributed by atoms with Crippen molar-refractivity contribution in [1.82, 2.24) is 14.5 Å². The summed E-state index contributed by atoms with van der Waals surface area (Å²) >= 11 is 0. The molecule has 4 rings (SSSR count).